The zero-order valence-corrected chi connectivity index (χ0v) is 8.88. The maximum Gasteiger partial charge on any atom is 0.185 e. The molecule has 0 aliphatic heterocycles. The van der Waals surface area contributed by atoms with Crippen LogP contribution < -0.4 is 0 Å². The summed E-state index contributed by atoms with van der Waals surface area (Å²) in [6.07, 6.45) is 0.701. The molecule has 0 spiro atoms. The van der Waals surface area contributed by atoms with Crippen molar-refractivity contribution in [3.8, 4) is 11.3 Å². The van der Waals surface area contributed by atoms with Crippen molar-refractivity contribution in [3.63, 3.8) is 0 Å². The summed E-state index contributed by atoms with van der Waals surface area (Å²) >= 11 is 5.79. The lowest BCUT2D eigenvalue weighted by molar-refractivity contribution is 0.111. The SMILES string of the molecule is Cc1[nH]c(C=O)nc1-c1ccc(Cl)cc1. The molecular weight excluding hydrogens is 212 g/mol. The van der Waals surface area contributed by atoms with Crippen molar-refractivity contribution in [2.45, 2.75) is 6.92 Å². The number of aldehydes is 1. The average molecular weight is 221 g/mol. The summed E-state index contributed by atoms with van der Waals surface area (Å²) in [5, 5.41) is 0.683. The van der Waals surface area contributed by atoms with Crippen molar-refractivity contribution in [2.24, 2.45) is 0 Å². The van der Waals surface area contributed by atoms with Crippen LogP contribution in [-0.4, -0.2) is 16.3 Å². The number of imidazole rings is 1. The van der Waals surface area contributed by atoms with E-state index >= 15 is 0 Å². The fourth-order valence-electron chi connectivity index (χ4n) is 1.43. The van der Waals surface area contributed by atoms with E-state index in [0.29, 0.717) is 17.1 Å². The highest BCUT2D eigenvalue weighted by Gasteiger charge is 2.07. The van der Waals surface area contributed by atoms with Crippen LogP contribution in [0.25, 0.3) is 11.3 Å². The number of rotatable bonds is 2. The van der Waals surface area contributed by atoms with E-state index < -0.39 is 0 Å². The molecule has 1 N–H and O–H groups in total. The molecule has 0 fully saturated rings. The molecule has 0 saturated carbocycles. The monoisotopic (exact) mass is 220 g/mol. The van der Waals surface area contributed by atoms with Crippen LogP contribution in [0.3, 0.4) is 0 Å². The number of aromatic nitrogens is 2. The van der Waals surface area contributed by atoms with Gasteiger partial charge in [0.2, 0.25) is 0 Å². The molecule has 76 valence electrons. The van der Waals surface area contributed by atoms with E-state index in [1.54, 1.807) is 12.1 Å². The predicted octanol–water partition coefficient (Wildman–Crippen LogP) is 2.85. The first-order valence-electron chi connectivity index (χ1n) is 4.48. The lowest BCUT2D eigenvalue weighted by atomic mass is 10.1. The second kappa shape index (κ2) is 3.87. The Morgan fingerprint density at radius 2 is 2.00 bits per heavy atom. The Hall–Kier alpha value is -1.61. The minimum absolute atomic E-state index is 0.345. The van der Waals surface area contributed by atoms with Crippen LogP contribution in [0.4, 0.5) is 0 Å². The fourth-order valence-corrected chi connectivity index (χ4v) is 1.55. The Balaban J connectivity index is 2.48. The third kappa shape index (κ3) is 1.92. The second-order valence-corrected chi connectivity index (χ2v) is 3.66. The zero-order chi connectivity index (χ0) is 10.8. The van der Waals surface area contributed by atoms with E-state index in [2.05, 4.69) is 9.97 Å². The van der Waals surface area contributed by atoms with Crippen LogP contribution in [0.2, 0.25) is 5.02 Å². The fraction of sp³-hybridized carbons (Fsp3) is 0.0909. The number of aromatic amines is 1. The van der Waals surface area contributed by atoms with E-state index in [-0.39, 0.29) is 0 Å². The molecule has 3 nitrogen and oxygen atoms in total. The quantitative estimate of drug-likeness (QED) is 0.791. The highest BCUT2D eigenvalue weighted by atomic mass is 35.5. The highest BCUT2D eigenvalue weighted by molar-refractivity contribution is 6.30. The van der Waals surface area contributed by atoms with Crippen LogP contribution >= 0.6 is 11.6 Å². The summed E-state index contributed by atoms with van der Waals surface area (Å²) < 4.78 is 0. The number of hydrogen-bond donors (Lipinski definition) is 1. The molecule has 2 aromatic rings. The van der Waals surface area contributed by atoms with Crippen molar-refractivity contribution in [1.29, 1.82) is 0 Å². The Morgan fingerprint density at radius 3 is 2.53 bits per heavy atom. The number of benzene rings is 1. The average Bonchev–Trinajstić information content (AvgIpc) is 2.61. The van der Waals surface area contributed by atoms with E-state index in [1.807, 2.05) is 19.1 Å². The molecular formula is C11H9ClN2O. The molecule has 0 saturated heterocycles. The summed E-state index contributed by atoms with van der Waals surface area (Å²) in [7, 11) is 0. The molecule has 1 aromatic carbocycles. The van der Waals surface area contributed by atoms with Gasteiger partial charge in [0.05, 0.1) is 5.69 Å². The molecule has 4 heteroatoms. The third-order valence-electron chi connectivity index (χ3n) is 2.13. The van der Waals surface area contributed by atoms with Crippen molar-refractivity contribution < 1.29 is 4.79 Å². The van der Waals surface area contributed by atoms with Gasteiger partial charge in [-0.15, -0.1) is 0 Å². The number of aryl methyl sites for hydroxylation is 1. The summed E-state index contributed by atoms with van der Waals surface area (Å²) in [5.74, 6) is 0.345. The van der Waals surface area contributed by atoms with Gasteiger partial charge >= 0.3 is 0 Å². The Kier molecular flexibility index (Phi) is 2.56. The van der Waals surface area contributed by atoms with Crippen LogP contribution in [0.5, 0.6) is 0 Å². The van der Waals surface area contributed by atoms with Crippen molar-refractivity contribution in [3.05, 3.63) is 40.8 Å². The van der Waals surface area contributed by atoms with Gasteiger partial charge in [0.25, 0.3) is 0 Å². The number of halogens is 1. The normalized spacial score (nSPS) is 10.3. The second-order valence-electron chi connectivity index (χ2n) is 3.22. The largest absolute Gasteiger partial charge is 0.339 e. The number of H-pyrrole nitrogens is 1. The van der Waals surface area contributed by atoms with Gasteiger partial charge in [-0.1, -0.05) is 23.7 Å². The first-order valence-corrected chi connectivity index (χ1v) is 4.86. The number of nitrogens with zero attached hydrogens (tertiary/aromatic N) is 1. The lowest BCUT2D eigenvalue weighted by Gasteiger charge is -1.97. The number of carbonyl (C=O) groups is 1. The smallest absolute Gasteiger partial charge is 0.185 e. The molecule has 15 heavy (non-hydrogen) atoms. The molecule has 0 amide bonds. The summed E-state index contributed by atoms with van der Waals surface area (Å²) in [6, 6.07) is 7.34. The van der Waals surface area contributed by atoms with Crippen LogP contribution in [-0.2, 0) is 0 Å². The predicted molar refractivity (Wildman–Crippen MR) is 59.2 cm³/mol. The molecule has 1 aromatic heterocycles. The molecule has 0 unspecified atom stereocenters. The zero-order valence-electron chi connectivity index (χ0n) is 8.12. The third-order valence-corrected chi connectivity index (χ3v) is 2.38. The molecule has 1 heterocycles. The molecule has 2 rings (SSSR count). The Labute approximate surface area is 92.1 Å². The van der Waals surface area contributed by atoms with Gasteiger partial charge in [-0.2, -0.15) is 0 Å². The first-order chi connectivity index (χ1) is 7.20. The van der Waals surface area contributed by atoms with E-state index in [0.717, 1.165) is 17.0 Å². The minimum Gasteiger partial charge on any atom is -0.339 e. The van der Waals surface area contributed by atoms with Gasteiger partial charge in [0.15, 0.2) is 12.1 Å². The van der Waals surface area contributed by atoms with Gasteiger partial charge in [-0.3, -0.25) is 4.79 Å². The molecule has 0 aliphatic carbocycles. The molecule has 0 atom stereocenters. The minimum atomic E-state index is 0.345. The van der Waals surface area contributed by atoms with Gasteiger partial charge < -0.3 is 4.98 Å². The summed E-state index contributed by atoms with van der Waals surface area (Å²) in [5.41, 5.74) is 2.61. The standard InChI is InChI=1S/C11H9ClN2O/c1-7-11(14-10(6-15)13-7)8-2-4-9(12)5-3-8/h2-6H,1H3,(H,13,14). The highest BCUT2D eigenvalue weighted by Crippen LogP contribution is 2.22. The van der Waals surface area contributed by atoms with E-state index in [9.17, 15) is 4.79 Å². The Morgan fingerprint density at radius 1 is 1.33 bits per heavy atom. The maximum atomic E-state index is 10.5. The Bertz CT molecular complexity index is 488. The van der Waals surface area contributed by atoms with Crippen LogP contribution in [0.1, 0.15) is 16.3 Å². The summed E-state index contributed by atoms with van der Waals surface area (Å²) in [4.78, 5) is 17.6. The molecule has 0 aliphatic rings. The molecule has 0 bridgehead atoms. The van der Waals surface area contributed by atoms with E-state index in [1.165, 1.54) is 0 Å². The van der Waals surface area contributed by atoms with Gasteiger partial charge in [-0.25, -0.2) is 4.98 Å². The van der Waals surface area contributed by atoms with Crippen molar-refractivity contribution in [1.82, 2.24) is 9.97 Å². The van der Waals surface area contributed by atoms with Crippen molar-refractivity contribution in [2.75, 3.05) is 0 Å². The van der Waals surface area contributed by atoms with Crippen LogP contribution in [0, 0.1) is 6.92 Å². The number of carbonyl (C=O) groups excluding carboxylic acids is 1. The van der Waals surface area contributed by atoms with Gasteiger partial charge in [0, 0.05) is 16.3 Å². The lowest BCUT2D eigenvalue weighted by Crippen LogP contribution is -1.81. The van der Waals surface area contributed by atoms with Crippen molar-refractivity contribution >= 4 is 17.9 Å². The number of hydrogen-bond acceptors (Lipinski definition) is 2. The summed E-state index contributed by atoms with van der Waals surface area (Å²) in [6.45, 7) is 1.88. The number of nitrogens with one attached hydrogen (secondary N) is 1. The first kappa shape index (κ1) is 9.93. The molecule has 0 radical (unpaired) electrons. The van der Waals surface area contributed by atoms with Gasteiger partial charge in [0.1, 0.15) is 0 Å². The van der Waals surface area contributed by atoms with E-state index in [4.69, 9.17) is 11.6 Å². The topological polar surface area (TPSA) is 45.8 Å². The maximum absolute atomic E-state index is 10.5. The van der Waals surface area contributed by atoms with Gasteiger partial charge in [-0.05, 0) is 19.1 Å². The van der Waals surface area contributed by atoms with Crippen LogP contribution in [0.15, 0.2) is 24.3 Å².